The summed E-state index contributed by atoms with van der Waals surface area (Å²) >= 11 is 0. The highest BCUT2D eigenvalue weighted by Crippen LogP contribution is 2.67. The summed E-state index contributed by atoms with van der Waals surface area (Å²) in [5.74, 6) is 2.11. The van der Waals surface area contributed by atoms with Crippen molar-refractivity contribution < 1.29 is 0 Å². The normalized spacial score (nSPS) is 25.6. The number of benzene rings is 3. The van der Waals surface area contributed by atoms with Crippen molar-refractivity contribution in [3.05, 3.63) is 108 Å². The number of rotatable bonds is 5. The molecule has 1 aliphatic carbocycles. The van der Waals surface area contributed by atoms with Crippen molar-refractivity contribution in [3.8, 4) is 0 Å². The molecule has 1 saturated carbocycles. The van der Waals surface area contributed by atoms with Crippen LogP contribution in [-0.4, -0.2) is 0 Å². The zero-order chi connectivity index (χ0) is 23.0. The van der Waals surface area contributed by atoms with Crippen molar-refractivity contribution in [1.29, 1.82) is 0 Å². The lowest BCUT2D eigenvalue weighted by Gasteiger charge is -2.64. The molecule has 1 aliphatic rings. The fourth-order valence-corrected chi connectivity index (χ4v) is 7.17. The maximum absolute atomic E-state index is 2.59. The molecule has 0 heteroatoms. The first-order valence-electron chi connectivity index (χ1n) is 12.4. The Bertz CT molecular complexity index is 903. The van der Waals surface area contributed by atoms with Gasteiger partial charge in [0.25, 0.3) is 0 Å². The van der Waals surface area contributed by atoms with Gasteiger partial charge < -0.3 is 0 Å². The van der Waals surface area contributed by atoms with E-state index in [2.05, 4.69) is 133 Å². The Hall–Kier alpha value is -2.34. The van der Waals surface area contributed by atoms with Crippen LogP contribution in [0, 0.1) is 28.6 Å². The Morgan fingerprint density at radius 1 is 0.688 bits per heavy atom. The van der Waals surface area contributed by atoms with Crippen LogP contribution in [-0.2, 0) is 5.41 Å². The minimum Gasteiger partial charge on any atom is -0.0625 e. The smallest absolute Gasteiger partial charge is 0.0509 e. The molecule has 0 aliphatic heterocycles. The summed E-state index contributed by atoms with van der Waals surface area (Å²) in [5.41, 5.74) is 4.17. The molecule has 0 radical (unpaired) electrons. The lowest BCUT2D eigenvalue weighted by Crippen LogP contribution is -2.59. The molecule has 0 spiro atoms. The van der Waals surface area contributed by atoms with E-state index < -0.39 is 0 Å². The minimum absolute atomic E-state index is 0.0366. The average molecular weight is 425 g/mol. The molecule has 0 N–H and O–H groups in total. The van der Waals surface area contributed by atoms with Crippen LogP contribution in [0.3, 0.4) is 0 Å². The summed E-state index contributed by atoms with van der Waals surface area (Å²) in [7, 11) is 0. The van der Waals surface area contributed by atoms with Crippen LogP contribution >= 0.6 is 0 Å². The molecular weight excluding hydrogens is 384 g/mol. The maximum Gasteiger partial charge on any atom is 0.0509 e. The average Bonchev–Trinajstić information content (AvgIpc) is 2.80. The zero-order valence-corrected chi connectivity index (χ0v) is 20.8. The van der Waals surface area contributed by atoms with Crippen molar-refractivity contribution in [3.63, 3.8) is 0 Å². The molecule has 4 rings (SSSR count). The van der Waals surface area contributed by atoms with Crippen molar-refractivity contribution in [2.75, 3.05) is 0 Å². The van der Waals surface area contributed by atoms with Gasteiger partial charge >= 0.3 is 0 Å². The molecule has 0 saturated heterocycles. The standard InChI is InChI=1S/C32H40/c1-24(2)29-22-23-31(6,30(4,5)25(29)3)32(26-16-10-7-11-17-26,27-18-12-8-13-19-27)28-20-14-9-15-21-28/h7-21,24-25,29H,22-23H2,1-6H3. The van der Waals surface area contributed by atoms with Crippen molar-refractivity contribution in [2.45, 2.75) is 59.8 Å². The molecule has 3 unspecified atom stereocenters. The largest absolute Gasteiger partial charge is 0.0625 e. The van der Waals surface area contributed by atoms with E-state index >= 15 is 0 Å². The Balaban J connectivity index is 2.09. The van der Waals surface area contributed by atoms with E-state index in [0.717, 1.165) is 5.92 Å². The van der Waals surface area contributed by atoms with Crippen molar-refractivity contribution in [2.24, 2.45) is 28.6 Å². The molecule has 32 heavy (non-hydrogen) atoms. The lowest BCUT2D eigenvalue weighted by molar-refractivity contribution is -0.0911. The van der Waals surface area contributed by atoms with Crippen LogP contribution < -0.4 is 0 Å². The van der Waals surface area contributed by atoms with Gasteiger partial charge in [-0.15, -0.1) is 0 Å². The van der Waals surface area contributed by atoms with Gasteiger partial charge in [-0.25, -0.2) is 0 Å². The molecule has 168 valence electrons. The van der Waals surface area contributed by atoms with Crippen molar-refractivity contribution >= 4 is 0 Å². The first-order chi connectivity index (χ1) is 15.3. The van der Waals surface area contributed by atoms with E-state index in [1.807, 2.05) is 0 Å². The van der Waals surface area contributed by atoms with Gasteiger partial charge in [0.05, 0.1) is 5.41 Å². The fourth-order valence-electron chi connectivity index (χ4n) is 7.17. The van der Waals surface area contributed by atoms with Crippen molar-refractivity contribution in [1.82, 2.24) is 0 Å². The summed E-state index contributed by atoms with van der Waals surface area (Å²) in [6.45, 7) is 15.0. The summed E-state index contributed by atoms with van der Waals surface area (Å²) in [5, 5.41) is 0. The highest BCUT2D eigenvalue weighted by Gasteiger charge is 2.62. The molecule has 0 bridgehead atoms. The second kappa shape index (κ2) is 8.54. The van der Waals surface area contributed by atoms with E-state index in [1.165, 1.54) is 29.5 Å². The van der Waals surface area contributed by atoms with Gasteiger partial charge in [0.1, 0.15) is 0 Å². The van der Waals surface area contributed by atoms with Gasteiger partial charge in [0.2, 0.25) is 0 Å². The molecule has 3 aromatic rings. The van der Waals surface area contributed by atoms with Crippen LogP contribution in [0.15, 0.2) is 91.0 Å². The van der Waals surface area contributed by atoms with Crippen LogP contribution in [0.1, 0.15) is 71.1 Å². The van der Waals surface area contributed by atoms with Crippen LogP contribution in [0.5, 0.6) is 0 Å². The van der Waals surface area contributed by atoms with Gasteiger partial charge in [-0.05, 0) is 58.1 Å². The van der Waals surface area contributed by atoms with Crippen LogP contribution in [0.4, 0.5) is 0 Å². The summed E-state index contributed by atoms with van der Waals surface area (Å²) in [6, 6.07) is 33.9. The predicted octanol–water partition coefficient (Wildman–Crippen LogP) is 8.76. The molecule has 0 amide bonds. The van der Waals surface area contributed by atoms with E-state index in [4.69, 9.17) is 0 Å². The van der Waals surface area contributed by atoms with Crippen LogP contribution in [0.2, 0.25) is 0 Å². The first-order valence-corrected chi connectivity index (χ1v) is 12.4. The highest BCUT2D eigenvalue weighted by atomic mass is 14.6. The second-order valence-corrected chi connectivity index (χ2v) is 11.1. The van der Waals surface area contributed by atoms with Gasteiger partial charge in [-0.3, -0.25) is 0 Å². The summed E-state index contributed by atoms with van der Waals surface area (Å²) in [6.07, 6.45) is 2.50. The van der Waals surface area contributed by atoms with E-state index in [0.29, 0.717) is 11.8 Å². The first kappa shape index (κ1) is 22.8. The molecule has 3 atom stereocenters. The molecule has 1 fully saturated rings. The lowest BCUT2D eigenvalue weighted by atomic mass is 9.39. The van der Waals surface area contributed by atoms with E-state index in [1.54, 1.807) is 0 Å². The van der Waals surface area contributed by atoms with Gasteiger partial charge in [0.15, 0.2) is 0 Å². The SMILES string of the molecule is CC(C)C1CCC(C)(C(c2ccccc2)(c2ccccc2)c2ccccc2)C(C)(C)C1C. The molecule has 3 aromatic carbocycles. The molecule has 0 nitrogen and oxygen atoms in total. The van der Waals surface area contributed by atoms with Gasteiger partial charge in [-0.2, -0.15) is 0 Å². The quantitative estimate of drug-likeness (QED) is 0.359. The number of hydrogen-bond donors (Lipinski definition) is 0. The Morgan fingerprint density at radius 2 is 1.06 bits per heavy atom. The molecule has 0 aromatic heterocycles. The predicted molar refractivity (Wildman–Crippen MR) is 138 cm³/mol. The Labute approximate surface area is 196 Å². The van der Waals surface area contributed by atoms with Gasteiger partial charge in [0, 0.05) is 0 Å². The highest BCUT2D eigenvalue weighted by molar-refractivity contribution is 5.54. The summed E-state index contributed by atoms with van der Waals surface area (Å²) < 4.78 is 0. The topological polar surface area (TPSA) is 0 Å². The van der Waals surface area contributed by atoms with E-state index in [9.17, 15) is 0 Å². The molecule has 0 heterocycles. The minimum atomic E-state index is -0.226. The third kappa shape index (κ3) is 3.26. The van der Waals surface area contributed by atoms with E-state index in [-0.39, 0.29) is 16.2 Å². The fraction of sp³-hybridized carbons (Fsp3) is 0.438. The number of hydrogen-bond acceptors (Lipinski definition) is 0. The molecular formula is C32H40. The Kier molecular flexibility index (Phi) is 6.10. The zero-order valence-electron chi connectivity index (χ0n) is 20.8. The Morgan fingerprint density at radius 3 is 1.41 bits per heavy atom. The van der Waals surface area contributed by atoms with Gasteiger partial charge in [-0.1, -0.05) is 133 Å². The summed E-state index contributed by atoms with van der Waals surface area (Å²) in [4.78, 5) is 0. The third-order valence-electron chi connectivity index (χ3n) is 9.48. The second-order valence-electron chi connectivity index (χ2n) is 11.1. The monoisotopic (exact) mass is 424 g/mol. The maximum atomic E-state index is 2.59. The third-order valence-corrected chi connectivity index (χ3v) is 9.48. The van der Waals surface area contributed by atoms with Crippen LogP contribution in [0.25, 0.3) is 0 Å².